The molecular weight excluding hydrogens is 450 g/mol. The molecule has 0 fully saturated rings. The van der Waals surface area contributed by atoms with E-state index in [0.717, 1.165) is 26.2 Å². The van der Waals surface area contributed by atoms with Gasteiger partial charge in [-0.05, 0) is 35.9 Å². The molecule has 1 amide bonds. The highest BCUT2D eigenvalue weighted by atomic mass is 35.5. The Balaban J connectivity index is 1.39. The van der Waals surface area contributed by atoms with Crippen molar-refractivity contribution >= 4 is 45.7 Å². The number of hydrogen-bond acceptors (Lipinski definition) is 6. The third-order valence-electron chi connectivity index (χ3n) is 4.21. The highest BCUT2D eigenvalue weighted by molar-refractivity contribution is 7.98. The van der Waals surface area contributed by atoms with E-state index < -0.39 is 0 Å². The third-order valence-corrected chi connectivity index (χ3v) is 6.48. The number of halogens is 1. The van der Waals surface area contributed by atoms with Crippen molar-refractivity contribution in [3.05, 3.63) is 89.4 Å². The fourth-order valence-electron chi connectivity index (χ4n) is 2.71. The largest absolute Gasteiger partial charge is 0.484 e. The number of para-hydroxylation sites is 1. The van der Waals surface area contributed by atoms with E-state index in [1.54, 1.807) is 23.9 Å². The fourth-order valence-corrected chi connectivity index (χ4v) is 4.71. The third kappa shape index (κ3) is 6.07. The van der Waals surface area contributed by atoms with E-state index in [9.17, 15) is 4.79 Å². The van der Waals surface area contributed by atoms with Crippen molar-refractivity contribution in [1.29, 1.82) is 0 Å². The minimum absolute atomic E-state index is 0.0908. The van der Waals surface area contributed by atoms with Crippen molar-refractivity contribution in [3.8, 4) is 16.3 Å². The van der Waals surface area contributed by atoms with E-state index in [0.29, 0.717) is 10.9 Å². The summed E-state index contributed by atoms with van der Waals surface area (Å²) < 4.78 is 5.46. The molecule has 4 rings (SSSR count). The van der Waals surface area contributed by atoms with Crippen LogP contribution in [0.4, 0.5) is 5.13 Å². The standard InChI is InChI=1S/C23H18ClN3O2S2/c24-17-12-10-16(11-13-17)15-30-20-9-5-4-8-19(20)22-26-27-23(31-22)25-21(28)14-29-18-6-2-1-3-7-18/h1-13H,14-15H2,(H,25,27,28). The first-order valence-corrected chi connectivity index (χ1v) is 11.6. The average Bonchev–Trinajstić information content (AvgIpc) is 3.26. The molecular formula is C23H18ClN3O2S2. The van der Waals surface area contributed by atoms with Gasteiger partial charge in [-0.3, -0.25) is 10.1 Å². The summed E-state index contributed by atoms with van der Waals surface area (Å²) in [6.45, 7) is -0.0908. The van der Waals surface area contributed by atoms with Gasteiger partial charge in [-0.1, -0.05) is 71.5 Å². The van der Waals surface area contributed by atoms with Crippen LogP contribution in [-0.2, 0) is 10.5 Å². The summed E-state index contributed by atoms with van der Waals surface area (Å²) in [6, 6.07) is 25.1. The molecule has 0 unspecified atom stereocenters. The minimum Gasteiger partial charge on any atom is -0.484 e. The van der Waals surface area contributed by atoms with Gasteiger partial charge in [0.25, 0.3) is 5.91 Å². The summed E-state index contributed by atoms with van der Waals surface area (Å²) in [5, 5.41) is 13.0. The molecule has 1 heterocycles. The number of aromatic nitrogens is 2. The maximum Gasteiger partial charge on any atom is 0.264 e. The van der Waals surface area contributed by atoms with Crippen LogP contribution in [0.25, 0.3) is 10.6 Å². The van der Waals surface area contributed by atoms with E-state index in [4.69, 9.17) is 16.3 Å². The van der Waals surface area contributed by atoms with Crippen LogP contribution in [0, 0.1) is 0 Å². The molecule has 156 valence electrons. The normalized spacial score (nSPS) is 10.6. The Morgan fingerprint density at radius 1 is 0.968 bits per heavy atom. The van der Waals surface area contributed by atoms with Gasteiger partial charge >= 0.3 is 0 Å². The number of carbonyl (C=O) groups is 1. The van der Waals surface area contributed by atoms with E-state index in [2.05, 4.69) is 21.6 Å². The lowest BCUT2D eigenvalue weighted by Crippen LogP contribution is -2.20. The summed E-state index contributed by atoms with van der Waals surface area (Å²) >= 11 is 9.02. The van der Waals surface area contributed by atoms with Crippen molar-refractivity contribution in [2.45, 2.75) is 10.6 Å². The van der Waals surface area contributed by atoms with Crippen molar-refractivity contribution in [2.24, 2.45) is 0 Å². The Kier molecular flexibility index (Phi) is 7.19. The molecule has 8 heteroatoms. The lowest BCUT2D eigenvalue weighted by molar-refractivity contribution is -0.118. The van der Waals surface area contributed by atoms with Crippen LogP contribution < -0.4 is 10.1 Å². The van der Waals surface area contributed by atoms with Crippen LogP contribution in [0.3, 0.4) is 0 Å². The maximum atomic E-state index is 12.2. The second-order valence-corrected chi connectivity index (χ2v) is 8.90. The molecule has 0 aliphatic carbocycles. The number of hydrogen-bond donors (Lipinski definition) is 1. The minimum atomic E-state index is -0.281. The molecule has 0 radical (unpaired) electrons. The molecule has 0 saturated carbocycles. The van der Waals surface area contributed by atoms with Gasteiger partial charge in [0.2, 0.25) is 5.13 Å². The van der Waals surface area contributed by atoms with Crippen molar-refractivity contribution in [2.75, 3.05) is 11.9 Å². The fraction of sp³-hybridized carbons (Fsp3) is 0.0870. The monoisotopic (exact) mass is 467 g/mol. The molecule has 1 aromatic heterocycles. The van der Waals surface area contributed by atoms with Gasteiger partial charge in [0.15, 0.2) is 11.6 Å². The molecule has 0 aliphatic rings. The van der Waals surface area contributed by atoms with E-state index >= 15 is 0 Å². The van der Waals surface area contributed by atoms with Crippen LogP contribution in [-0.4, -0.2) is 22.7 Å². The Morgan fingerprint density at radius 2 is 1.71 bits per heavy atom. The molecule has 0 bridgehead atoms. The lowest BCUT2D eigenvalue weighted by Gasteiger charge is -2.07. The van der Waals surface area contributed by atoms with Crippen LogP contribution in [0.1, 0.15) is 5.56 Å². The first-order valence-electron chi connectivity index (χ1n) is 9.45. The molecule has 4 aromatic rings. The lowest BCUT2D eigenvalue weighted by atomic mass is 10.2. The Morgan fingerprint density at radius 3 is 2.52 bits per heavy atom. The van der Waals surface area contributed by atoms with Gasteiger partial charge in [-0.2, -0.15) is 0 Å². The zero-order valence-electron chi connectivity index (χ0n) is 16.3. The number of amides is 1. The van der Waals surface area contributed by atoms with Gasteiger partial charge in [-0.15, -0.1) is 22.0 Å². The topological polar surface area (TPSA) is 64.1 Å². The van der Waals surface area contributed by atoms with Gasteiger partial charge in [0, 0.05) is 21.2 Å². The summed E-state index contributed by atoms with van der Waals surface area (Å²) in [7, 11) is 0. The quantitative estimate of drug-likeness (QED) is 0.314. The number of thioether (sulfide) groups is 1. The highest BCUT2D eigenvalue weighted by Gasteiger charge is 2.13. The smallest absolute Gasteiger partial charge is 0.264 e. The van der Waals surface area contributed by atoms with Gasteiger partial charge in [0.05, 0.1) is 0 Å². The van der Waals surface area contributed by atoms with Crippen LogP contribution >= 0.6 is 34.7 Å². The predicted octanol–water partition coefficient (Wildman–Crippen LogP) is 6.17. The van der Waals surface area contributed by atoms with Crippen LogP contribution in [0.2, 0.25) is 5.02 Å². The number of carbonyl (C=O) groups excluding carboxylic acids is 1. The first-order chi connectivity index (χ1) is 15.2. The van der Waals surface area contributed by atoms with Gasteiger partial charge in [-0.25, -0.2) is 0 Å². The molecule has 0 spiro atoms. The zero-order chi connectivity index (χ0) is 21.5. The highest BCUT2D eigenvalue weighted by Crippen LogP contribution is 2.35. The van der Waals surface area contributed by atoms with Crippen LogP contribution in [0.15, 0.2) is 83.8 Å². The average molecular weight is 468 g/mol. The first kappa shape index (κ1) is 21.4. The Hall–Kier alpha value is -2.87. The second-order valence-electron chi connectivity index (χ2n) is 6.47. The van der Waals surface area contributed by atoms with E-state index in [1.165, 1.54) is 16.9 Å². The summed E-state index contributed by atoms with van der Waals surface area (Å²) in [6.07, 6.45) is 0. The summed E-state index contributed by atoms with van der Waals surface area (Å²) in [5.41, 5.74) is 2.17. The van der Waals surface area contributed by atoms with E-state index in [-0.39, 0.29) is 12.5 Å². The molecule has 0 aliphatic heterocycles. The number of ether oxygens (including phenoxy) is 1. The van der Waals surface area contributed by atoms with Crippen molar-refractivity contribution < 1.29 is 9.53 Å². The molecule has 5 nitrogen and oxygen atoms in total. The molecule has 3 aromatic carbocycles. The molecule has 0 atom stereocenters. The zero-order valence-corrected chi connectivity index (χ0v) is 18.7. The van der Waals surface area contributed by atoms with Gasteiger partial charge in [0.1, 0.15) is 5.75 Å². The molecule has 1 N–H and O–H groups in total. The van der Waals surface area contributed by atoms with Crippen molar-refractivity contribution in [3.63, 3.8) is 0 Å². The Labute approximate surface area is 193 Å². The number of rotatable bonds is 8. The molecule has 31 heavy (non-hydrogen) atoms. The van der Waals surface area contributed by atoms with Crippen LogP contribution in [0.5, 0.6) is 5.75 Å². The Bertz CT molecular complexity index is 1150. The number of nitrogens with one attached hydrogen (secondary N) is 1. The SMILES string of the molecule is O=C(COc1ccccc1)Nc1nnc(-c2ccccc2SCc2ccc(Cl)cc2)s1. The maximum absolute atomic E-state index is 12.2. The number of nitrogens with zero attached hydrogens (tertiary/aromatic N) is 2. The molecule has 0 saturated heterocycles. The predicted molar refractivity (Wildman–Crippen MR) is 127 cm³/mol. The summed E-state index contributed by atoms with van der Waals surface area (Å²) in [4.78, 5) is 13.3. The number of benzene rings is 3. The summed E-state index contributed by atoms with van der Waals surface area (Å²) in [5.74, 6) is 1.17. The van der Waals surface area contributed by atoms with E-state index in [1.807, 2.05) is 60.7 Å². The second kappa shape index (κ2) is 10.4. The van der Waals surface area contributed by atoms with Gasteiger partial charge < -0.3 is 4.74 Å². The van der Waals surface area contributed by atoms with Crippen molar-refractivity contribution in [1.82, 2.24) is 10.2 Å². The number of anilines is 1.